The quantitative estimate of drug-likeness (QED) is 0.0266. The van der Waals surface area contributed by atoms with Gasteiger partial charge in [0.25, 0.3) is 0 Å². The van der Waals surface area contributed by atoms with Crippen LogP contribution in [0, 0.1) is 16.2 Å². The molecule has 102 heavy (non-hydrogen) atoms. The van der Waals surface area contributed by atoms with E-state index in [1.165, 1.54) is 77.6 Å². The summed E-state index contributed by atoms with van der Waals surface area (Å²) in [6.07, 6.45) is 1.12. The third-order valence-electron chi connectivity index (χ3n) is 13.2. The second kappa shape index (κ2) is 51.1. The summed E-state index contributed by atoms with van der Waals surface area (Å²) < 4.78 is 104. The summed E-state index contributed by atoms with van der Waals surface area (Å²) in [5.41, 5.74) is -1.42. The number of phosphoric ester groups is 4. The van der Waals surface area contributed by atoms with Gasteiger partial charge in [0.1, 0.15) is 17.6 Å². The fourth-order valence-corrected chi connectivity index (χ4v) is 13.5. The van der Waals surface area contributed by atoms with E-state index in [-0.39, 0.29) is 107 Å². The minimum absolute atomic E-state index is 0.0113. The van der Waals surface area contributed by atoms with Gasteiger partial charge in [-0.1, -0.05) is 149 Å². The average molecular weight is 1600 g/mol. The van der Waals surface area contributed by atoms with E-state index in [2.05, 4.69) is 68.1 Å². The van der Waals surface area contributed by atoms with Gasteiger partial charge in [0.15, 0.2) is 15.3 Å². The minimum atomic E-state index is -3.57. The Balaban J connectivity index is 0. The van der Waals surface area contributed by atoms with Gasteiger partial charge in [-0.15, -0.1) is 0 Å². The summed E-state index contributed by atoms with van der Waals surface area (Å²) in [4.78, 5) is 119. The summed E-state index contributed by atoms with van der Waals surface area (Å²) in [6, 6.07) is 17.5. The smallest absolute Gasteiger partial charge is 0.356 e. The van der Waals surface area contributed by atoms with Crippen molar-refractivity contribution in [1.82, 2.24) is 31.9 Å². The van der Waals surface area contributed by atoms with E-state index in [4.69, 9.17) is 18.1 Å². The summed E-state index contributed by atoms with van der Waals surface area (Å²) in [5.74, 6) is -0.588. The molecule has 0 aliphatic carbocycles. The standard InChI is InChI=1S/C18H28NO6PS.C17H26NO6PS.C14H27N2O7PS.C13H25N2O7PS/c1-18(2,17(21)27-13-12-25-26(22,23-3)24-4)10-11-19-16(20)14-15-8-6-5-7-9-15;1-17(2,13-18-15(19)12-14-8-6-5-7-9-14)16(20)26-11-10-24-25(21,22-3)23-4;1-10(16-11(2)17)12(18)15-9-14(3,4)13(19)25-8-7-23-24(20,21-5)22-6;1-9(14-10(2)16)11(17)15-13(3,4)12(18)24-8-7-22-23(19,20-5)21-6/h5-9H,10-14H2,1-4H3,(H,19,20);5-9H,10-13H2,1-4H3,(H,18,19);10H,7-9H2,1-6H3,(H,15,18)(H,16,17);9H,7-8H2,1-6H3,(H,14,16)(H,15,17). The first-order valence-corrected chi connectivity index (χ1v) is 41.1. The van der Waals surface area contributed by atoms with Crippen molar-refractivity contribution in [3.8, 4) is 0 Å². The summed E-state index contributed by atoms with van der Waals surface area (Å²) in [5, 5.41) is 15.2. The second-order valence-corrected chi connectivity index (χ2v) is 35.5. The van der Waals surface area contributed by atoms with Crippen LogP contribution in [-0.2, 0) is 133 Å². The fourth-order valence-electron chi connectivity index (χ4n) is 7.06. The lowest BCUT2D eigenvalue weighted by Crippen LogP contribution is -2.54. The van der Waals surface area contributed by atoms with Crippen LogP contribution in [0.5, 0.6) is 0 Å². The molecule has 6 amide bonds. The number of nitrogens with one attached hydrogen (secondary N) is 6. The number of hydrogen-bond acceptors (Lipinski definition) is 30. The van der Waals surface area contributed by atoms with Gasteiger partial charge in [0.05, 0.1) is 50.1 Å². The molecular formula is C62H106N6O26P4S4. The summed E-state index contributed by atoms with van der Waals surface area (Å²) in [7, 11) is -4.43. The van der Waals surface area contributed by atoms with Crippen molar-refractivity contribution in [3.63, 3.8) is 0 Å². The number of thioether (sulfide) groups is 4. The van der Waals surface area contributed by atoms with Crippen LogP contribution in [0.3, 0.4) is 0 Å². The topological polar surface area (TPSA) is 422 Å². The molecule has 0 aromatic heterocycles. The first kappa shape index (κ1) is 99.8. The Morgan fingerprint density at radius 1 is 0.402 bits per heavy atom. The molecule has 2 aromatic carbocycles. The van der Waals surface area contributed by atoms with Crippen molar-refractivity contribution < 1.29 is 120 Å². The zero-order valence-corrected chi connectivity index (χ0v) is 68.7. The Morgan fingerprint density at radius 2 is 0.686 bits per heavy atom. The van der Waals surface area contributed by atoms with E-state index in [0.29, 0.717) is 30.9 Å². The molecule has 2 aromatic rings. The van der Waals surface area contributed by atoms with Crippen LogP contribution in [0.1, 0.15) is 101 Å². The molecule has 0 radical (unpaired) electrons. The van der Waals surface area contributed by atoms with Crippen molar-refractivity contribution in [2.45, 2.75) is 120 Å². The number of benzene rings is 2. The van der Waals surface area contributed by atoms with Crippen LogP contribution in [0.25, 0.3) is 0 Å². The van der Waals surface area contributed by atoms with Crippen molar-refractivity contribution in [2.75, 3.05) is 126 Å². The summed E-state index contributed by atoms with van der Waals surface area (Å²) in [6.45, 7) is 20.3. The van der Waals surface area contributed by atoms with Crippen LogP contribution in [-0.4, -0.2) is 199 Å². The molecule has 0 saturated heterocycles. The molecule has 2 unspecified atom stereocenters. The molecule has 0 aliphatic heterocycles. The van der Waals surface area contributed by atoms with Crippen LogP contribution in [0.2, 0.25) is 0 Å². The van der Waals surface area contributed by atoms with Crippen molar-refractivity contribution >= 4 is 134 Å². The predicted octanol–water partition coefficient (Wildman–Crippen LogP) is 8.90. The molecular weight excluding hydrogens is 1500 g/mol. The van der Waals surface area contributed by atoms with Crippen LogP contribution < -0.4 is 31.9 Å². The first-order chi connectivity index (χ1) is 47.4. The zero-order valence-electron chi connectivity index (χ0n) is 61.9. The monoisotopic (exact) mass is 1600 g/mol. The molecule has 2 rings (SSSR count). The van der Waals surface area contributed by atoms with Crippen LogP contribution >= 0.6 is 78.3 Å². The Bertz CT molecular complexity index is 3110. The Hall–Kier alpha value is -4.22. The highest BCUT2D eigenvalue weighted by atomic mass is 32.2. The van der Waals surface area contributed by atoms with Gasteiger partial charge in [-0.3, -0.25) is 102 Å². The van der Waals surface area contributed by atoms with Crippen LogP contribution in [0.15, 0.2) is 60.7 Å². The fraction of sp³-hybridized carbons (Fsp3) is 0.645. The van der Waals surface area contributed by atoms with Crippen LogP contribution in [0.4, 0.5) is 0 Å². The molecule has 32 nitrogen and oxygen atoms in total. The van der Waals surface area contributed by atoms with Gasteiger partial charge in [-0.05, 0) is 45.2 Å². The lowest BCUT2D eigenvalue weighted by molar-refractivity contribution is -0.130. The third-order valence-corrected chi connectivity index (χ3v) is 23.5. The maximum Gasteiger partial charge on any atom is 0.474 e. The largest absolute Gasteiger partial charge is 0.474 e. The van der Waals surface area contributed by atoms with Gasteiger partial charge in [0.2, 0.25) is 40.6 Å². The third kappa shape index (κ3) is 44.0. The maximum atomic E-state index is 12.4. The molecule has 0 fully saturated rings. The Kier molecular flexibility index (Phi) is 50.0. The van der Waals surface area contributed by atoms with E-state index in [1.54, 1.807) is 48.5 Å². The highest BCUT2D eigenvalue weighted by Gasteiger charge is 2.35. The molecule has 2 atom stereocenters. The molecule has 0 heterocycles. The lowest BCUT2D eigenvalue weighted by Gasteiger charge is -2.26. The maximum absolute atomic E-state index is 12.4. The number of amides is 6. The number of phosphoric acid groups is 4. The molecule has 40 heteroatoms. The Labute approximate surface area is 617 Å². The van der Waals surface area contributed by atoms with E-state index in [0.717, 1.165) is 58.2 Å². The second-order valence-electron chi connectivity index (χ2n) is 23.7. The molecule has 6 N–H and O–H groups in total. The molecule has 0 spiro atoms. The van der Waals surface area contributed by atoms with Crippen molar-refractivity contribution in [3.05, 3.63) is 71.8 Å². The minimum Gasteiger partial charge on any atom is -0.356 e. The van der Waals surface area contributed by atoms with Gasteiger partial charge >= 0.3 is 31.3 Å². The van der Waals surface area contributed by atoms with E-state index >= 15 is 0 Å². The predicted molar refractivity (Wildman–Crippen MR) is 394 cm³/mol. The molecule has 584 valence electrons. The summed E-state index contributed by atoms with van der Waals surface area (Å²) >= 11 is 4.06. The number of hydrogen-bond donors (Lipinski definition) is 6. The van der Waals surface area contributed by atoms with Crippen molar-refractivity contribution in [1.29, 1.82) is 0 Å². The van der Waals surface area contributed by atoms with Gasteiger partial charge in [-0.2, -0.15) is 0 Å². The number of carbonyl (C=O) groups excluding carboxylic acids is 10. The first-order valence-electron chi connectivity index (χ1n) is 31.3. The van der Waals surface area contributed by atoms with E-state index in [1.807, 2.05) is 74.5 Å². The van der Waals surface area contributed by atoms with Gasteiger partial charge in [0, 0.05) is 119 Å². The highest BCUT2D eigenvalue weighted by Crippen LogP contribution is 2.50. The number of rotatable bonds is 44. The molecule has 0 bridgehead atoms. The average Bonchev–Trinajstić information content (AvgIpc) is 0.825. The lowest BCUT2D eigenvalue weighted by atomic mass is 9.91. The normalized spacial score (nSPS) is 12.6. The van der Waals surface area contributed by atoms with E-state index in [9.17, 15) is 66.2 Å². The Morgan fingerprint density at radius 3 is 1.00 bits per heavy atom. The zero-order chi connectivity index (χ0) is 78.6. The molecule has 0 aliphatic rings. The molecule has 0 saturated carbocycles. The van der Waals surface area contributed by atoms with Gasteiger partial charge in [-0.25, -0.2) is 18.3 Å². The SMILES string of the molecule is COP(=O)(OC)OCCSC(=O)C(C)(C)CCNC(=O)Cc1ccccc1.COP(=O)(OC)OCCSC(=O)C(C)(C)CNC(=O)C(C)NC(C)=O.COP(=O)(OC)OCCSC(=O)C(C)(C)CNC(=O)Cc1ccccc1.COP(=O)(OC)OCCSC(=O)C(C)(C)NC(=O)C(C)NC(C)=O. The highest BCUT2D eigenvalue weighted by molar-refractivity contribution is 8.14. The van der Waals surface area contributed by atoms with Crippen molar-refractivity contribution in [2.24, 2.45) is 16.2 Å². The number of carbonyl (C=O) groups is 10. The van der Waals surface area contributed by atoms with E-state index < -0.39 is 71.1 Å². The van der Waals surface area contributed by atoms with Gasteiger partial charge < -0.3 is 31.9 Å².